The van der Waals surface area contributed by atoms with Crippen LogP contribution in [0, 0.1) is 6.92 Å². The highest BCUT2D eigenvalue weighted by Crippen LogP contribution is 2.41. The lowest BCUT2D eigenvalue weighted by atomic mass is 10.0. The Morgan fingerprint density at radius 1 is 1.30 bits per heavy atom. The Morgan fingerprint density at radius 3 is 2.85 bits per heavy atom. The number of aryl methyl sites for hydroxylation is 1. The number of rotatable bonds is 3. The molecule has 3 rings (SSSR count). The Hall–Kier alpha value is -2.27. The van der Waals surface area contributed by atoms with Crippen LogP contribution in [0.4, 0.5) is 5.88 Å². The van der Waals surface area contributed by atoms with E-state index in [-0.39, 0.29) is 0 Å². The van der Waals surface area contributed by atoms with Gasteiger partial charge >= 0.3 is 0 Å². The first kappa shape index (κ1) is 12.7. The van der Waals surface area contributed by atoms with Gasteiger partial charge in [-0.15, -0.1) is 11.3 Å². The van der Waals surface area contributed by atoms with Crippen LogP contribution >= 0.6 is 11.3 Å². The first-order valence-electron chi connectivity index (χ1n) is 6.14. The van der Waals surface area contributed by atoms with Crippen LogP contribution < -0.4 is 10.5 Å². The van der Waals surface area contributed by atoms with Gasteiger partial charge in [0, 0.05) is 10.4 Å². The van der Waals surface area contributed by atoms with E-state index in [0.29, 0.717) is 11.6 Å². The third-order valence-electron chi connectivity index (χ3n) is 3.10. The van der Waals surface area contributed by atoms with E-state index < -0.39 is 0 Å². The van der Waals surface area contributed by atoms with Crippen molar-refractivity contribution in [3.05, 3.63) is 41.3 Å². The highest BCUT2D eigenvalue weighted by molar-refractivity contribution is 7.13. The number of nitrogens with two attached hydrogens (primary N) is 1. The Kier molecular flexibility index (Phi) is 3.20. The Balaban J connectivity index is 2.24. The van der Waals surface area contributed by atoms with Crippen LogP contribution in [0.25, 0.3) is 21.7 Å². The molecule has 5 heteroatoms. The van der Waals surface area contributed by atoms with E-state index >= 15 is 0 Å². The van der Waals surface area contributed by atoms with Gasteiger partial charge < -0.3 is 15.0 Å². The quantitative estimate of drug-likeness (QED) is 0.791. The highest BCUT2D eigenvalue weighted by Gasteiger charge is 2.20. The summed E-state index contributed by atoms with van der Waals surface area (Å²) in [6.07, 6.45) is 0. The average molecular weight is 286 g/mol. The van der Waals surface area contributed by atoms with Crippen LogP contribution in [0.5, 0.6) is 5.75 Å². The number of benzene rings is 1. The minimum atomic E-state index is 0.325. The van der Waals surface area contributed by atoms with Crippen molar-refractivity contribution in [2.75, 3.05) is 12.8 Å². The van der Waals surface area contributed by atoms with E-state index in [4.69, 9.17) is 15.0 Å². The molecule has 0 aliphatic rings. The minimum Gasteiger partial charge on any atom is -0.496 e. The van der Waals surface area contributed by atoms with Crippen molar-refractivity contribution < 1.29 is 9.26 Å². The Bertz CT molecular complexity index is 732. The summed E-state index contributed by atoms with van der Waals surface area (Å²) in [6.45, 7) is 2.02. The van der Waals surface area contributed by atoms with E-state index in [2.05, 4.69) is 5.16 Å². The molecule has 0 saturated carbocycles. The molecule has 2 N–H and O–H groups in total. The molecule has 2 heterocycles. The van der Waals surface area contributed by atoms with Crippen LogP contribution in [0.1, 0.15) is 5.56 Å². The topological polar surface area (TPSA) is 61.3 Å². The molecule has 0 fully saturated rings. The van der Waals surface area contributed by atoms with Crippen LogP contribution in [-0.4, -0.2) is 12.3 Å². The summed E-state index contributed by atoms with van der Waals surface area (Å²) in [4.78, 5) is 1.03. The second kappa shape index (κ2) is 5.02. The fourth-order valence-corrected chi connectivity index (χ4v) is 2.93. The van der Waals surface area contributed by atoms with Gasteiger partial charge in [-0.3, -0.25) is 0 Å². The zero-order valence-electron chi connectivity index (χ0n) is 11.2. The lowest BCUT2D eigenvalue weighted by molar-refractivity contribution is 0.414. The van der Waals surface area contributed by atoms with E-state index in [0.717, 1.165) is 27.3 Å². The molecule has 1 aromatic carbocycles. The maximum Gasteiger partial charge on any atom is 0.231 e. The van der Waals surface area contributed by atoms with Crippen molar-refractivity contribution in [1.29, 1.82) is 0 Å². The molecule has 102 valence electrons. The fourth-order valence-electron chi connectivity index (χ4n) is 2.15. The van der Waals surface area contributed by atoms with Gasteiger partial charge in [-0.1, -0.05) is 22.9 Å². The molecule has 0 atom stereocenters. The lowest BCUT2D eigenvalue weighted by Crippen LogP contribution is -1.91. The summed E-state index contributed by atoms with van der Waals surface area (Å²) in [7, 11) is 1.64. The molecule has 4 nitrogen and oxygen atoms in total. The lowest BCUT2D eigenvalue weighted by Gasteiger charge is -2.08. The van der Waals surface area contributed by atoms with E-state index in [9.17, 15) is 0 Å². The summed E-state index contributed by atoms with van der Waals surface area (Å²) in [5, 5.41) is 6.12. The van der Waals surface area contributed by atoms with Crippen molar-refractivity contribution in [3.63, 3.8) is 0 Å². The molecule has 0 radical (unpaired) electrons. The predicted molar refractivity (Wildman–Crippen MR) is 81.0 cm³/mol. The molecule has 0 aliphatic heterocycles. The van der Waals surface area contributed by atoms with Gasteiger partial charge in [0.15, 0.2) is 0 Å². The number of ether oxygens (including phenoxy) is 1. The number of hydrogen-bond acceptors (Lipinski definition) is 5. The first-order chi connectivity index (χ1) is 9.70. The van der Waals surface area contributed by atoms with E-state index in [1.165, 1.54) is 0 Å². The summed E-state index contributed by atoms with van der Waals surface area (Å²) in [5.41, 5.74) is 9.48. The Labute approximate surface area is 120 Å². The molecule has 3 aromatic rings. The zero-order chi connectivity index (χ0) is 14.1. The average Bonchev–Trinajstić information content (AvgIpc) is 3.07. The number of nitrogens with zero attached hydrogens (tertiary/aromatic N) is 1. The van der Waals surface area contributed by atoms with Crippen LogP contribution in [0.3, 0.4) is 0 Å². The van der Waals surface area contributed by atoms with Crippen molar-refractivity contribution in [2.45, 2.75) is 6.92 Å². The van der Waals surface area contributed by atoms with Crippen LogP contribution in [0.15, 0.2) is 40.2 Å². The molecule has 0 aliphatic carbocycles. The zero-order valence-corrected chi connectivity index (χ0v) is 12.0. The van der Waals surface area contributed by atoms with Crippen LogP contribution in [-0.2, 0) is 0 Å². The third-order valence-corrected chi connectivity index (χ3v) is 3.98. The third kappa shape index (κ3) is 2.06. The number of methoxy groups -OCH3 is 1. The maximum absolute atomic E-state index is 5.94. The molecule has 0 spiro atoms. The number of hydrogen-bond donors (Lipinski definition) is 1. The van der Waals surface area contributed by atoms with Gasteiger partial charge in [-0.2, -0.15) is 0 Å². The van der Waals surface area contributed by atoms with Crippen molar-refractivity contribution in [3.8, 4) is 27.4 Å². The molecular weight excluding hydrogens is 272 g/mol. The van der Waals surface area contributed by atoms with Gasteiger partial charge in [0.2, 0.25) is 5.88 Å². The standard InChI is InChI=1S/C15H14N2O2S/c1-9-5-6-11(18-2)10(8-9)14-13(15(16)19-17-14)12-4-3-7-20-12/h3-8H,16H2,1-2H3. The maximum atomic E-state index is 5.94. The van der Waals surface area contributed by atoms with E-state index in [1.807, 2.05) is 42.6 Å². The van der Waals surface area contributed by atoms with Gasteiger partial charge in [0.25, 0.3) is 0 Å². The highest BCUT2D eigenvalue weighted by atomic mass is 32.1. The number of thiophene rings is 1. The largest absolute Gasteiger partial charge is 0.496 e. The predicted octanol–water partition coefficient (Wildman–Crippen LogP) is 3.97. The van der Waals surface area contributed by atoms with Crippen molar-refractivity contribution in [1.82, 2.24) is 5.16 Å². The molecular formula is C15H14N2O2S. The number of aromatic nitrogens is 1. The van der Waals surface area contributed by atoms with Gasteiger partial charge in [-0.25, -0.2) is 0 Å². The smallest absolute Gasteiger partial charge is 0.231 e. The van der Waals surface area contributed by atoms with Crippen molar-refractivity contribution in [2.24, 2.45) is 0 Å². The normalized spacial score (nSPS) is 10.7. The molecule has 2 aromatic heterocycles. The molecule has 0 bridgehead atoms. The second-order valence-electron chi connectivity index (χ2n) is 4.45. The van der Waals surface area contributed by atoms with Crippen molar-refractivity contribution >= 4 is 17.2 Å². The monoisotopic (exact) mass is 286 g/mol. The molecule has 0 saturated heterocycles. The number of nitrogen functional groups attached to an aromatic ring is 1. The summed E-state index contributed by atoms with van der Waals surface area (Å²) in [5.74, 6) is 1.08. The SMILES string of the molecule is COc1ccc(C)cc1-c1noc(N)c1-c1cccs1. The first-order valence-corrected chi connectivity index (χ1v) is 7.02. The molecule has 0 amide bonds. The second-order valence-corrected chi connectivity index (χ2v) is 5.40. The van der Waals surface area contributed by atoms with Gasteiger partial charge in [0.1, 0.15) is 11.4 Å². The summed E-state index contributed by atoms with van der Waals surface area (Å²) >= 11 is 1.60. The van der Waals surface area contributed by atoms with Gasteiger partial charge in [0.05, 0.1) is 12.7 Å². The molecule has 0 unspecified atom stereocenters. The Morgan fingerprint density at radius 2 is 2.15 bits per heavy atom. The minimum absolute atomic E-state index is 0.325. The fraction of sp³-hybridized carbons (Fsp3) is 0.133. The molecule has 20 heavy (non-hydrogen) atoms. The number of anilines is 1. The van der Waals surface area contributed by atoms with E-state index in [1.54, 1.807) is 18.4 Å². The summed E-state index contributed by atoms with van der Waals surface area (Å²) in [6, 6.07) is 9.92. The summed E-state index contributed by atoms with van der Waals surface area (Å²) < 4.78 is 10.6. The van der Waals surface area contributed by atoms with Crippen LogP contribution in [0.2, 0.25) is 0 Å². The van der Waals surface area contributed by atoms with Gasteiger partial charge in [-0.05, 0) is 30.5 Å².